The summed E-state index contributed by atoms with van der Waals surface area (Å²) < 4.78 is 17.0. The summed E-state index contributed by atoms with van der Waals surface area (Å²) in [4.78, 5) is 24.6. The van der Waals surface area contributed by atoms with Crippen LogP contribution >= 0.6 is 0 Å². The lowest BCUT2D eigenvalue weighted by Gasteiger charge is -2.18. The Hall–Kier alpha value is -3.80. The van der Waals surface area contributed by atoms with Crippen LogP contribution < -0.4 is 14.8 Å². The molecule has 0 bridgehead atoms. The number of rotatable bonds is 13. The van der Waals surface area contributed by atoms with E-state index in [9.17, 15) is 9.59 Å². The molecular formula is C32H39NO5. The minimum Gasteiger partial charge on any atom is -0.493 e. The van der Waals surface area contributed by atoms with Crippen molar-refractivity contribution in [3.05, 3.63) is 89.0 Å². The molecule has 202 valence electrons. The van der Waals surface area contributed by atoms with Crippen molar-refractivity contribution in [2.24, 2.45) is 5.92 Å². The van der Waals surface area contributed by atoms with Gasteiger partial charge in [-0.1, -0.05) is 56.3 Å². The van der Waals surface area contributed by atoms with Crippen molar-refractivity contribution in [2.45, 2.75) is 60.0 Å². The fraction of sp³-hybridized carbons (Fsp3) is 0.375. The van der Waals surface area contributed by atoms with Crippen LogP contribution in [0.5, 0.6) is 11.5 Å². The molecule has 1 amide bonds. The van der Waals surface area contributed by atoms with Crippen molar-refractivity contribution in [1.29, 1.82) is 0 Å². The van der Waals surface area contributed by atoms with Gasteiger partial charge in [0.1, 0.15) is 17.6 Å². The molecule has 0 heterocycles. The fourth-order valence-corrected chi connectivity index (χ4v) is 4.07. The molecule has 0 aliphatic rings. The molecule has 0 aliphatic carbocycles. The molecular weight excluding hydrogens is 478 g/mol. The number of hydrogen-bond donors (Lipinski definition) is 1. The molecule has 6 heteroatoms. The lowest BCUT2D eigenvalue weighted by Crippen LogP contribution is -2.14. The smallest absolute Gasteiger partial charge is 0.305 e. The van der Waals surface area contributed by atoms with E-state index in [2.05, 4.69) is 43.4 Å². The summed E-state index contributed by atoms with van der Waals surface area (Å²) in [7, 11) is 0. The van der Waals surface area contributed by atoms with E-state index in [1.165, 1.54) is 5.56 Å². The third-order valence-corrected chi connectivity index (χ3v) is 6.06. The molecule has 38 heavy (non-hydrogen) atoms. The molecule has 0 radical (unpaired) electrons. The first-order valence-corrected chi connectivity index (χ1v) is 13.3. The molecule has 0 spiro atoms. The van der Waals surface area contributed by atoms with Gasteiger partial charge >= 0.3 is 5.97 Å². The van der Waals surface area contributed by atoms with Gasteiger partial charge in [-0.15, -0.1) is 0 Å². The minimum absolute atomic E-state index is 0.142. The normalized spacial score (nSPS) is 11.6. The summed E-state index contributed by atoms with van der Waals surface area (Å²) in [6, 6.07) is 21.3. The highest BCUT2D eigenvalue weighted by Gasteiger charge is 2.15. The average Bonchev–Trinajstić information content (AvgIpc) is 2.89. The Kier molecular flexibility index (Phi) is 10.8. The van der Waals surface area contributed by atoms with E-state index in [0.29, 0.717) is 48.3 Å². The lowest BCUT2D eigenvalue weighted by atomic mass is 10.0. The molecule has 0 saturated heterocycles. The predicted molar refractivity (Wildman–Crippen MR) is 151 cm³/mol. The van der Waals surface area contributed by atoms with Crippen LogP contribution in [0, 0.1) is 12.8 Å². The number of anilines is 1. The van der Waals surface area contributed by atoms with Crippen molar-refractivity contribution in [3.8, 4) is 11.5 Å². The topological polar surface area (TPSA) is 73.9 Å². The summed E-state index contributed by atoms with van der Waals surface area (Å²) in [5, 5.41) is 2.96. The minimum atomic E-state index is -0.283. The number of aryl methyl sites for hydroxylation is 1. The zero-order valence-electron chi connectivity index (χ0n) is 23.1. The summed E-state index contributed by atoms with van der Waals surface area (Å²) in [5.41, 5.74) is 4.45. The monoisotopic (exact) mass is 517 g/mol. The van der Waals surface area contributed by atoms with Gasteiger partial charge in [-0.3, -0.25) is 9.59 Å². The van der Waals surface area contributed by atoms with Crippen LogP contribution in [0.2, 0.25) is 0 Å². The van der Waals surface area contributed by atoms with Crippen molar-refractivity contribution >= 4 is 17.6 Å². The lowest BCUT2D eigenvalue weighted by molar-refractivity contribution is -0.143. The van der Waals surface area contributed by atoms with Gasteiger partial charge < -0.3 is 19.5 Å². The molecule has 3 aromatic rings. The second-order valence-corrected chi connectivity index (χ2v) is 9.79. The fourth-order valence-electron chi connectivity index (χ4n) is 4.07. The summed E-state index contributed by atoms with van der Waals surface area (Å²) in [6.07, 6.45) is 1.69. The van der Waals surface area contributed by atoms with Gasteiger partial charge in [0, 0.05) is 18.2 Å². The number of amides is 1. The molecule has 3 rings (SSSR count). The first kappa shape index (κ1) is 28.8. The molecule has 1 unspecified atom stereocenters. The SMILES string of the molecule is CCOC(=O)CCCOc1ccccc1C(=O)Nc1ccc(C)c(OC(C)c2ccc(CC(C)C)cc2)c1. The first-order chi connectivity index (χ1) is 18.3. The Labute approximate surface area is 226 Å². The van der Waals surface area contributed by atoms with Gasteiger partial charge in [0.25, 0.3) is 5.91 Å². The maximum absolute atomic E-state index is 13.1. The Morgan fingerprint density at radius 1 is 0.921 bits per heavy atom. The number of carbonyl (C=O) groups is 2. The highest BCUT2D eigenvalue weighted by atomic mass is 16.5. The number of esters is 1. The second-order valence-electron chi connectivity index (χ2n) is 9.79. The number of ether oxygens (including phenoxy) is 3. The molecule has 1 atom stereocenters. The Morgan fingerprint density at radius 2 is 1.66 bits per heavy atom. The summed E-state index contributed by atoms with van der Waals surface area (Å²) in [6.45, 7) is 10.9. The zero-order valence-corrected chi connectivity index (χ0v) is 23.1. The Morgan fingerprint density at radius 3 is 2.37 bits per heavy atom. The van der Waals surface area contributed by atoms with Crippen LogP contribution in [-0.2, 0) is 16.0 Å². The number of para-hydroxylation sites is 1. The standard InChI is InChI=1S/C32H39NO5/c1-6-36-31(34)12-9-19-37-29-11-8-7-10-28(29)32(35)33-27-18-13-23(4)30(21-27)38-24(5)26-16-14-25(15-17-26)20-22(2)3/h7-8,10-11,13-18,21-22,24H,6,9,12,19-20H2,1-5H3,(H,33,35). The quantitative estimate of drug-likeness (QED) is 0.190. The van der Waals surface area contributed by atoms with Crippen LogP contribution in [0.4, 0.5) is 5.69 Å². The molecule has 3 aromatic carbocycles. The van der Waals surface area contributed by atoms with E-state index in [0.717, 1.165) is 17.5 Å². The molecule has 0 aromatic heterocycles. The molecule has 1 N–H and O–H groups in total. The van der Waals surface area contributed by atoms with Gasteiger partial charge in [0.15, 0.2) is 0 Å². The second kappa shape index (κ2) is 14.2. The predicted octanol–water partition coefficient (Wildman–Crippen LogP) is 7.31. The molecule has 0 aliphatic heterocycles. The third-order valence-electron chi connectivity index (χ3n) is 6.06. The van der Waals surface area contributed by atoms with E-state index in [-0.39, 0.29) is 24.4 Å². The first-order valence-electron chi connectivity index (χ1n) is 13.3. The number of nitrogens with one attached hydrogen (secondary N) is 1. The number of benzene rings is 3. The van der Waals surface area contributed by atoms with E-state index in [1.54, 1.807) is 25.1 Å². The van der Waals surface area contributed by atoms with Crippen molar-refractivity contribution in [3.63, 3.8) is 0 Å². The molecule has 6 nitrogen and oxygen atoms in total. The van der Waals surface area contributed by atoms with Crippen molar-refractivity contribution in [1.82, 2.24) is 0 Å². The highest BCUT2D eigenvalue weighted by Crippen LogP contribution is 2.29. The van der Waals surface area contributed by atoms with E-state index >= 15 is 0 Å². The maximum atomic E-state index is 13.1. The van der Waals surface area contributed by atoms with Gasteiger partial charge in [0.2, 0.25) is 0 Å². The maximum Gasteiger partial charge on any atom is 0.305 e. The molecule has 0 fully saturated rings. The van der Waals surface area contributed by atoms with Gasteiger partial charge in [0.05, 0.1) is 18.8 Å². The number of carbonyl (C=O) groups excluding carboxylic acids is 2. The van der Waals surface area contributed by atoms with Gasteiger partial charge in [-0.2, -0.15) is 0 Å². The van der Waals surface area contributed by atoms with Crippen LogP contribution in [0.3, 0.4) is 0 Å². The Bertz CT molecular complexity index is 1200. The van der Waals surface area contributed by atoms with Crippen molar-refractivity contribution < 1.29 is 23.8 Å². The Balaban J connectivity index is 1.63. The highest BCUT2D eigenvalue weighted by molar-refractivity contribution is 6.06. The van der Waals surface area contributed by atoms with Crippen LogP contribution in [0.1, 0.15) is 73.7 Å². The molecule has 0 saturated carbocycles. The average molecular weight is 518 g/mol. The van der Waals surface area contributed by atoms with Crippen molar-refractivity contribution in [2.75, 3.05) is 18.5 Å². The van der Waals surface area contributed by atoms with E-state index < -0.39 is 0 Å². The van der Waals surface area contributed by atoms with Crippen LogP contribution in [0.15, 0.2) is 66.7 Å². The summed E-state index contributed by atoms with van der Waals surface area (Å²) in [5.74, 6) is 1.26. The van der Waals surface area contributed by atoms with E-state index in [4.69, 9.17) is 14.2 Å². The van der Waals surface area contributed by atoms with Crippen LogP contribution in [-0.4, -0.2) is 25.1 Å². The largest absolute Gasteiger partial charge is 0.493 e. The van der Waals surface area contributed by atoms with Gasteiger partial charge in [-0.25, -0.2) is 0 Å². The van der Waals surface area contributed by atoms with Crippen LogP contribution in [0.25, 0.3) is 0 Å². The number of hydrogen-bond acceptors (Lipinski definition) is 5. The summed E-state index contributed by atoms with van der Waals surface area (Å²) >= 11 is 0. The van der Waals surface area contributed by atoms with E-state index in [1.807, 2.05) is 38.1 Å². The third kappa shape index (κ3) is 8.65. The van der Waals surface area contributed by atoms with Gasteiger partial charge in [-0.05, 0) is 74.4 Å². The zero-order chi connectivity index (χ0) is 27.5.